The summed E-state index contributed by atoms with van der Waals surface area (Å²) in [5.74, 6) is 0.628. The molecule has 0 aromatic heterocycles. The van der Waals surface area contributed by atoms with Crippen LogP contribution >= 0.6 is 0 Å². The van der Waals surface area contributed by atoms with Crippen molar-refractivity contribution in [2.45, 2.75) is 25.5 Å². The van der Waals surface area contributed by atoms with Crippen molar-refractivity contribution >= 4 is 11.6 Å². The van der Waals surface area contributed by atoms with Crippen LogP contribution in [0.5, 0.6) is 5.75 Å². The predicted molar refractivity (Wildman–Crippen MR) is 92.0 cm³/mol. The van der Waals surface area contributed by atoms with E-state index in [0.29, 0.717) is 6.42 Å². The Balaban J connectivity index is 1.58. The first-order valence-corrected chi connectivity index (χ1v) is 7.90. The second kappa shape index (κ2) is 7.17. The summed E-state index contributed by atoms with van der Waals surface area (Å²) >= 11 is 0. The van der Waals surface area contributed by atoms with Gasteiger partial charge in [0, 0.05) is 6.42 Å². The van der Waals surface area contributed by atoms with Crippen LogP contribution in [0.3, 0.4) is 0 Å². The summed E-state index contributed by atoms with van der Waals surface area (Å²) < 4.78 is 5.14. The smallest absolute Gasteiger partial charge is 0.264 e. The summed E-state index contributed by atoms with van der Waals surface area (Å²) in [6.45, 7) is 1.95. The summed E-state index contributed by atoms with van der Waals surface area (Å²) in [6.07, 6.45) is -0.132. The number of nitrogens with zero attached hydrogens (tertiary/aromatic N) is 1. The summed E-state index contributed by atoms with van der Waals surface area (Å²) in [6, 6.07) is 17.3. The second-order valence-electron chi connectivity index (χ2n) is 5.71. The molecule has 5 heteroatoms. The Morgan fingerprint density at radius 2 is 1.92 bits per heavy atom. The number of carbonyl (C=O) groups excluding carboxylic acids is 1. The minimum Gasteiger partial charge on any atom is -0.497 e. The van der Waals surface area contributed by atoms with E-state index in [9.17, 15) is 4.79 Å². The number of benzene rings is 2. The highest BCUT2D eigenvalue weighted by Gasteiger charge is 2.29. The lowest BCUT2D eigenvalue weighted by atomic mass is 10.0. The van der Waals surface area contributed by atoms with Gasteiger partial charge in [-0.25, -0.2) is 0 Å². The van der Waals surface area contributed by atoms with Crippen molar-refractivity contribution in [1.29, 1.82) is 0 Å². The molecule has 1 aliphatic rings. The number of hydrogen-bond donors (Lipinski definition) is 1. The van der Waals surface area contributed by atoms with E-state index in [1.54, 1.807) is 7.11 Å². The Hall–Kier alpha value is -2.82. The van der Waals surface area contributed by atoms with Crippen molar-refractivity contribution < 1.29 is 14.4 Å². The first-order chi connectivity index (χ1) is 11.7. The van der Waals surface area contributed by atoms with Crippen LogP contribution < -0.4 is 10.1 Å². The fourth-order valence-electron chi connectivity index (χ4n) is 2.60. The van der Waals surface area contributed by atoms with E-state index >= 15 is 0 Å². The van der Waals surface area contributed by atoms with E-state index in [-0.39, 0.29) is 11.9 Å². The fourth-order valence-corrected chi connectivity index (χ4v) is 2.60. The molecule has 0 aliphatic carbocycles. The zero-order chi connectivity index (χ0) is 16.9. The zero-order valence-electron chi connectivity index (χ0n) is 13.7. The summed E-state index contributed by atoms with van der Waals surface area (Å²) in [5, 5.41) is 7.03. The van der Waals surface area contributed by atoms with Crippen LogP contribution in [-0.4, -0.2) is 24.8 Å². The summed E-state index contributed by atoms with van der Waals surface area (Å²) in [5.41, 5.74) is 2.76. The van der Waals surface area contributed by atoms with Crippen molar-refractivity contribution in [3.8, 4) is 5.75 Å². The lowest BCUT2D eigenvalue weighted by Gasteiger charge is -2.16. The molecule has 0 radical (unpaired) electrons. The monoisotopic (exact) mass is 324 g/mol. The Kier molecular flexibility index (Phi) is 4.79. The minimum absolute atomic E-state index is 0.0765. The van der Waals surface area contributed by atoms with Gasteiger partial charge in [-0.3, -0.25) is 4.79 Å². The van der Waals surface area contributed by atoms with Crippen molar-refractivity contribution in [2.75, 3.05) is 7.11 Å². The van der Waals surface area contributed by atoms with E-state index in [1.165, 1.54) is 0 Å². The molecule has 5 nitrogen and oxygen atoms in total. The Labute approximate surface area is 141 Å². The highest BCUT2D eigenvalue weighted by atomic mass is 16.6. The maximum Gasteiger partial charge on any atom is 0.264 e. The quantitative estimate of drug-likeness (QED) is 0.919. The molecule has 0 saturated carbocycles. The molecule has 2 aromatic rings. The average molecular weight is 324 g/mol. The van der Waals surface area contributed by atoms with E-state index in [2.05, 4.69) is 10.5 Å². The van der Waals surface area contributed by atoms with Crippen LogP contribution in [0.25, 0.3) is 0 Å². The first-order valence-electron chi connectivity index (χ1n) is 7.90. The van der Waals surface area contributed by atoms with E-state index in [4.69, 9.17) is 9.57 Å². The zero-order valence-corrected chi connectivity index (χ0v) is 13.7. The number of carbonyl (C=O) groups is 1. The minimum atomic E-state index is -0.590. The largest absolute Gasteiger partial charge is 0.497 e. The summed E-state index contributed by atoms with van der Waals surface area (Å²) in [4.78, 5) is 17.7. The van der Waals surface area contributed by atoms with Gasteiger partial charge in [0.15, 0.2) is 0 Å². The molecule has 0 spiro atoms. The highest BCUT2D eigenvalue weighted by Crippen LogP contribution is 2.20. The SMILES string of the molecule is COc1ccc(C2=NO[C@@H](C(=O)N[C@H](C)c3ccccc3)C2)cc1. The molecule has 1 amide bonds. The molecule has 0 fully saturated rings. The maximum atomic E-state index is 12.4. The average Bonchev–Trinajstić information content (AvgIpc) is 3.13. The van der Waals surface area contributed by atoms with Gasteiger partial charge < -0.3 is 14.9 Å². The van der Waals surface area contributed by atoms with Gasteiger partial charge in [-0.05, 0) is 42.3 Å². The Morgan fingerprint density at radius 3 is 2.58 bits per heavy atom. The van der Waals surface area contributed by atoms with Gasteiger partial charge in [-0.2, -0.15) is 0 Å². The first kappa shape index (κ1) is 16.1. The molecule has 1 heterocycles. The van der Waals surface area contributed by atoms with E-state index < -0.39 is 6.10 Å². The number of amides is 1. The normalized spacial score (nSPS) is 17.6. The molecule has 0 saturated heterocycles. The second-order valence-corrected chi connectivity index (χ2v) is 5.71. The number of methoxy groups -OCH3 is 1. The van der Waals surface area contributed by atoms with Crippen molar-refractivity contribution in [1.82, 2.24) is 5.32 Å². The molecule has 124 valence electrons. The Bertz CT molecular complexity index is 726. The van der Waals surface area contributed by atoms with Crippen LogP contribution in [0.15, 0.2) is 59.8 Å². The Morgan fingerprint density at radius 1 is 1.21 bits per heavy atom. The molecule has 0 unspecified atom stereocenters. The molecule has 24 heavy (non-hydrogen) atoms. The summed E-state index contributed by atoms with van der Waals surface area (Å²) in [7, 11) is 1.62. The number of nitrogens with one attached hydrogen (secondary N) is 1. The topological polar surface area (TPSA) is 59.9 Å². The van der Waals surface area contributed by atoms with Crippen LogP contribution in [0, 0.1) is 0 Å². The molecule has 3 rings (SSSR count). The van der Waals surface area contributed by atoms with Gasteiger partial charge in [-0.1, -0.05) is 35.5 Å². The third-order valence-corrected chi connectivity index (χ3v) is 4.04. The lowest BCUT2D eigenvalue weighted by molar-refractivity contribution is -0.131. The molecule has 2 aromatic carbocycles. The van der Waals surface area contributed by atoms with Gasteiger partial charge in [0.25, 0.3) is 5.91 Å². The molecule has 1 N–H and O–H groups in total. The molecule has 2 atom stereocenters. The van der Waals surface area contributed by atoms with Gasteiger partial charge in [0.05, 0.1) is 18.9 Å². The van der Waals surface area contributed by atoms with E-state index in [1.807, 2.05) is 61.5 Å². The van der Waals surface area contributed by atoms with Crippen LogP contribution in [-0.2, 0) is 9.63 Å². The number of rotatable bonds is 5. The molecule has 1 aliphatic heterocycles. The molecular weight excluding hydrogens is 304 g/mol. The number of oxime groups is 1. The maximum absolute atomic E-state index is 12.4. The third kappa shape index (κ3) is 3.56. The van der Waals surface area contributed by atoms with Gasteiger partial charge >= 0.3 is 0 Å². The number of ether oxygens (including phenoxy) is 1. The van der Waals surface area contributed by atoms with Gasteiger partial charge in [0.2, 0.25) is 6.10 Å². The van der Waals surface area contributed by atoms with Crippen LogP contribution in [0.1, 0.15) is 30.5 Å². The van der Waals surface area contributed by atoms with Crippen LogP contribution in [0.2, 0.25) is 0 Å². The van der Waals surface area contributed by atoms with Crippen LogP contribution in [0.4, 0.5) is 0 Å². The highest BCUT2D eigenvalue weighted by molar-refractivity contribution is 6.04. The molecule has 0 bridgehead atoms. The lowest BCUT2D eigenvalue weighted by Crippen LogP contribution is -2.36. The third-order valence-electron chi connectivity index (χ3n) is 4.04. The van der Waals surface area contributed by atoms with Crippen molar-refractivity contribution in [3.05, 3.63) is 65.7 Å². The fraction of sp³-hybridized carbons (Fsp3) is 0.263. The standard InChI is InChI=1S/C19H20N2O3/c1-13(14-6-4-3-5-7-14)20-19(22)18-12-17(21-24-18)15-8-10-16(23-2)11-9-15/h3-11,13,18H,12H2,1-2H3,(H,20,22)/t13-,18-/m1/s1. The van der Waals surface area contributed by atoms with Gasteiger partial charge in [-0.15, -0.1) is 0 Å². The van der Waals surface area contributed by atoms with Crippen molar-refractivity contribution in [2.24, 2.45) is 5.16 Å². The van der Waals surface area contributed by atoms with Gasteiger partial charge in [0.1, 0.15) is 5.75 Å². The molecular formula is C19H20N2O3. The number of hydrogen-bond acceptors (Lipinski definition) is 4. The van der Waals surface area contributed by atoms with Crippen molar-refractivity contribution in [3.63, 3.8) is 0 Å². The predicted octanol–water partition coefficient (Wildman–Crippen LogP) is 3.07. The van der Waals surface area contributed by atoms with E-state index in [0.717, 1.165) is 22.6 Å².